The standard InChI is InChI=1S/C10H11ClO2.C6H15NO.C6H8O7/c1-3-10(2)12-8-5-4-7(11)6-9(8)13-10;1-4-7(5-2)8-6-3;7-3(8)1-6(13,5(11)12)2-4(9)10/h4-6H,3H2,1-2H3;4-6H2,1-3H3;13H,1-2H2,(H,7,8)(H,9,10)(H,11,12). The molecule has 0 aliphatic carbocycles. The second kappa shape index (κ2) is 14.6. The maximum absolute atomic E-state index is 10.3. The molecule has 0 aromatic heterocycles. The van der Waals surface area contributed by atoms with Crippen molar-refractivity contribution >= 4 is 29.5 Å². The van der Waals surface area contributed by atoms with Crippen LogP contribution >= 0.6 is 11.6 Å². The van der Waals surface area contributed by atoms with Crippen molar-refractivity contribution in [3.8, 4) is 11.5 Å². The molecule has 1 unspecified atom stereocenters. The molecule has 0 saturated carbocycles. The second-order valence-electron chi connectivity index (χ2n) is 7.29. The minimum absolute atomic E-state index is 0.521. The Morgan fingerprint density at radius 1 is 1.00 bits per heavy atom. The molecule has 34 heavy (non-hydrogen) atoms. The molecule has 1 aromatic rings. The van der Waals surface area contributed by atoms with Crippen molar-refractivity contribution in [2.24, 2.45) is 0 Å². The molecule has 4 N–H and O–H groups in total. The van der Waals surface area contributed by atoms with Gasteiger partial charge < -0.3 is 29.9 Å². The van der Waals surface area contributed by atoms with Crippen molar-refractivity contribution in [3.05, 3.63) is 23.2 Å². The average molecular weight is 508 g/mol. The summed E-state index contributed by atoms with van der Waals surface area (Å²) in [6.07, 6.45) is -1.48. The van der Waals surface area contributed by atoms with E-state index < -0.39 is 42.1 Å². The van der Waals surface area contributed by atoms with E-state index in [0.717, 1.165) is 37.6 Å². The van der Waals surface area contributed by atoms with Crippen LogP contribution in [0, 0.1) is 0 Å². The predicted octanol–water partition coefficient (Wildman–Crippen LogP) is 3.27. The molecule has 1 aromatic carbocycles. The SMILES string of the molecule is CCC1(C)Oc2ccc(Cl)cc2O1.CCON(CC)CC.O=C(O)CC(O)(CC(=O)O)C(=O)O. The van der Waals surface area contributed by atoms with Crippen molar-refractivity contribution < 1.29 is 49.1 Å². The molecule has 0 radical (unpaired) electrons. The lowest BCUT2D eigenvalue weighted by molar-refractivity contribution is -0.170. The number of carboxylic acids is 3. The lowest BCUT2D eigenvalue weighted by atomic mass is 9.96. The highest BCUT2D eigenvalue weighted by Crippen LogP contribution is 2.41. The van der Waals surface area contributed by atoms with Crippen molar-refractivity contribution in [3.63, 3.8) is 0 Å². The molecule has 1 heterocycles. The van der Waals surface area contributed by atoms with Gasteiger partial charge in [0.2, 0.25) is 5.79 Å². The topological polar surface area (TPSA) is 163 Å². The van der Waals surface area contributed by atoms with Crippen molar-refractivity contribution in [1.82, 2.24) is 5.06 Å². The minimum Gasteiger partial charge on any atom is -0.481 e. The molecule has 0 fully saturated rings. The second-order valence-corrected chi connectivity index (χ2v) is 7.73. The number of ether oxygens (including phenoxy) is 2. The number of aliphatic carboxylic acids is 3. The Morgan fingerprint density at radius 3 is 1.85 bits per heavy atom. The molecule has 194 valence electrons. The largest absolute Gasteiger partial charge is 0.481 e. The Morgan fingerprint density at radius 2 is 1.50 bits per heavy atom. The van der Waals surface area contributed by atoms with Crippen LogP contribution in [0.1, 0.15) is 53.9 Å². The van der Waals surface area contributed by atoms with Gasteiger partial charge in [-0.05, 0) is 19.1 Å². The fraction of sp³-hybridized carbons (Fsp3) is 0.591. The summed E-state index contributed by atoms with van der Waals surface area (Å²) in [7, 11) is 0. The Hall–Kier alpha value is -2.60. The first kappa shape index (κ1) is 31.4. The number of nitrogens with zero attached hydrogens (tertiary/aromatic N) is 1. The molecule has 2 rings (SSSR count). The van der Waals surface area contributed by atoms with Crippen molar-refractivity contribution in [2.75, 3.05) is 19.7 Å². The van der Waals surface area contributed by atoms with Gasteiger partial charge in [0.05, 0.1) is 19.4 Å². The number of hydrogen-bond acceptors (Lipinski definition) is 8. The number of carbonyl (C=O) groups is 3. The Labute approximate surface area is 203 Å². The maximum Gasteiger partial charge on any atom is 0.336 e. The van der Waals surface area contributed by atoms with Crippen LogP contribution in [-0.2, 0) is 19.2 Å². The summed E-state index contributed by atoms with van der Waals surface area (Å²) in [6, 6.07) is 5.40. The van der Waals surface area contributed by atoms with Gasteiger partial charge in [-0.1, -0.05) is 32.4 Å². The van der Waals surface area contributed by atoms with Crippen LogP contribution in [0.15, 0.2) is 18.2 Å². The molecule has 12 heteroatoms. The zero-order valence-electron chi connectivity index (χ0n) is 20.0. The number of aliphatic hydroxyl groups is 1. The lowest BCUT2D eigenvalue weighted by Crippen LogP contribution is -2.42. The Balaban J connectivity index is 0.000000497. The number of hydrogen-bond donors (Lipinski definition) is 4. The highest BCUT2D eigenvalue weighted by molar-refractivity contribution is 6.30. The fourth-order valence-electron chi connectivity index (χ4n) is 2.58. The normalized spacial score (nSPS) is 16.1. The average Bonchev–Trinajstić information content (AvgIpc) is 3.07. The zero-order valence-corrected chi connectivity index (χ0v) is 20.8. The highest BCUT2D eigenvalue weighted by atomic mass is 35.5. The Bertz CT molecular complexity index is 799. The van der Waals surface area contributed by atoms with Crippen LogP contribution in [-0.4, -0.2) is 74.5 Å². The van der Waals surface area contributed by atoms with Crippen molar-refractivity contribution in [2.45, 2.75) is 65.3 Å². The van der Waals surface area contributed by atoms with Gasteiger partial charge in [0.1, 0.15) is 0 Å². The van der Waals surface area contributed by atoms with Crippen LogP contribution in [0.4, 0.5) is 0 Å². The molecule has 1 aliphatic heterocycles. The quantitative estimate of drug-likeness (QED) is 0.343. The molecular formula is C22H34ClNO10. The number of rotatable bonds is 10. The van der Waals surface area contributed by atoms with E-state index in [4.69, 9.17) is 46.3 Å². The molecule has 0 saturated heterocycles. The van der Waals surface area contributed by atoms with E-state index in [0.29, 0.717) is 5.02 Å². The first-order valence-electron chi connectivity index (χ1n) is 10.7. The summed E-state index contributed by atoms with van der Waals surface area (Å²) in [4.78, 5) is 35.7. The van der Waals surface area contributed by atoms with E-state index in [1.165, 1.54) is 0 Å². The van der Waals surface area contributed by atoms with E-state index in [1.54, 1.807) is 12.1 Å². The first-order chi connectivity index (χ1) is 15.8. The van der Waals surface area contributed by atoms with Crippen molar-refractivity contribution in [1.29, 1.82) is 0 Å². The van der Waals surface area contributed by atoms with Gasteiger partial charge in [0, 0.05) is 37.5 Å². The van der Waals surface area contributed by atoms with E-state index in [-0.39, 0.29) is 0 Å². The van der Waals surface area contributed by atoms with Crippen LogP contribution in [0.3, 0.4) is 0 Å². The maximum atomic E-state index is 10.3. The summed E-state index contributed by atoms with van der Waals surface area (Å²) >= 11 is 5.82. The number of halogens is 1. The van der Waals surface area contributed by atoms with Crippen LogP contribution < -0.4 is 9.47 Å². The van der Waals surface area contributed by atoms with Gasteiger partial charge in [-0.3, -0.25) is 14.4 Å². The van der Waals surface area contributed by atoms with E-state index >= 15 is 0 Å². The van der Waals surface area contributed by atoms with Gasteiger partial charge in [-0.25, -0.2) is 4.79 Å². The Kier molecular flexibility index (Phi) is 13.5. The predicted molar refractivity (Wildman–Crippen MR) is 123 cm³/mol. The minimum atomic E-state index is -2.74. The molecule has 1 aliphatic rings. The fourth-order valence-corrected chi connectivity index (χ4v) is 2.74. The summed E-state index contributed by atoms with van der Waals surface area (Å²) in [5.74, 6) is -4.03. The third-order valence-electron chi connectivity index (χ3n) is 4.50. The molecule has 1 atom stereocenters. The van der Waals surface area contributed by atoms with Gasteiger partial charge in [0.25, 0.3) is 0 Å². The number of fused-ring (bicyclic) bond motifs is 1. The smallest absolute Gasteiger partial charge is 0.336 e. The molecule has 0 spiro atoms. The third kappa shape index (κ3) is 11.0. The third-order valence-corrected chi connectivity index (χ3v) is 4.74. The summed E-state index contributed by atoms with van der Waals surface area (Å²) in [5, 5.41) is 36.4. The molecular weight excluding hydrogens is 474 g/mol. The van der Waals surface area contributed by atoms with E-state index in [9.17, 15) is 14.4 Å². The van der Waals surface area contributed by atoms with E-state index in [2.05, 4.69) is 13.8 Å². The summed E-state index contributed by atoms with van der Waals surface area (Å²) < 4.78 is 11.2. The van der Waals surface area contributed by atoms with Gasteiger partial charge in [0.15, 0.2) is 17.1 Å². The monoisotopic (exact) mass is 507 g/mol. The summed E-state index contributed by atoms with van der Waals surface area (Å²) in [5.41, 5.74) is -2.74. The van der Waals surface area contributed by atoms with Crippen LogP contribution in [0.5, 0.6) is 11.5 Å². The van der Waals surface area contributed by atoms with E-state index in [1.807, 2.05) is 31.9 Å². The van der Waals surface area contributed by atoms with Gasteiger partial charge in [-0.15, -0.1) is 0 Å². The van der Waals surface area contributed by atoms with Gasteiger partial charge >= 0.3 is 17.9 Å². The lowest BCUT2D eigenvalue weighted by Gasteiger charge is -2.20. The molecule has 0 bridgehead atoms. The molecule has 0 amide bonds. The number of benzene rings is 1. The first-order valence-corrected chi connectivity index (χ1v) is 11.1. The zero-order chi connectivity index (χ0) is 26.5. The molecule has 11 nitrogen and oxygen atoms in total. The van der Waals surface area contributed by atoms with Crippen LogP contribution in [0.2, 0.25) is 5.02 Å². The number of carboxylic acid groups (broad SMARTS) is 3. The van der Waals surface area contributed by atoms with Crippen LogP contribution in [0.25, 0.3) is 0 Å². The summed E-state index contributed by atoms with van der Waals surface area (Å²) in [6.45, 7) is 12.8. The number of hydroxylamine groups is 2. The van der Waals surface area contributed by atoms with Gasteiger partial charge in [-0.2, -0.15) is 5.06 Å². The highest BCUT2D eigenvalue weighted by Gasteiger charge is 2.40.